The molecule has 1 amide bonds. The highest BCUT2D eigenvalue weighted by molar-refractivity contribution is 7.99. The van der Waals surface area contributed by atoms with E-state index in [1.807, 2.05) is 13.8 Å². The maximum atomic E-state index is 14.0. The van der Waals surface area contributed by atoms with Crippen LogP contribution in [0, 0.1) is 29.5 Å². The van der Waals surface area contributed by atoms with Crippen molar-refractivity contribution < 1.29 is 38.5 Å². The lowest BCUT2D eigenvalue weighted by atomic mass is 10.1. The lowest BCUT2D eigenvalue weighted by Crippen LogP contribution is -2.21. The first-order valence-electron chi connectivity index (χ1n) is 15.8. The predicted molar refractivity (Wildman–Crippen MR) is 202 cm³/mol. The van der Waals surface area contributed by atoms with Gasteiger partial charge < -0.3 is 24.6 Å². The molecule has 9 nitrogen and oxygen atoms in total. The number of aliphatic carboxylic acids is 2. The third kappa shape index (κ3) is 15.0. The van der Waals surface area contributed by atoms with Crippen molar-refractivity contribution in [1.82, 2.24) is 9.88 Å². The smallest absolute Gasteiger partial charge is 0.341 e. The molecule has 2 N–H and O–H groups in total. The Bertz CT molecular complexity index is 1980. The van der Waals surface area contributed by atoms with Gasteiger partial charge in [-0.1, -0.05) is 73.7 Å². The molecule has 0 aliphatic heterocycles. The fourth-order valence-corrected chi connectivity index (χ4v) is 4.93. The van der Waals surface area contributed by atoms with Gasteiger partial charge >= 0.3 is 11.9 Å². The molecule has 272 valence electrons. The number of nitrogens with zero attached hydrogens (tertiary/aromatic N) is 2. The minimum atomic E-state index is -1.14. The topological polar surface area (TPSA) is 126 Å². The van der Waals surface area contributed by atoms with Gasteiger partial charge in [0, 0.05) is 41.3 Å². The molecular weight excluding hydrogens is 730 g/mol. The second kappa shape index (κ2) is 22.6. The van der Waals surface area contributed by atoms with Crippen LogP contribution in [-0.4, -0.2) is 71.0 Å². The molecule has 0 bridgehead atoms. The third-order valence-electron chi connectivity index (χ3n) is 6.04. The van der Waals surface area contributed by atoms with Gasteiger partial charge in [-0.2, -0.15) is 0 Å². The quantitative estimate of drug-likeness (QED) is 0.121. The molecule has 1 heterocycles. The molecule has 0 unspecified atom stereocenters. The number of pyridine rings is 1. The standard InChI is InChI=1S/C19H16ClNO4.C18H15ClFNO3S.C2H6/c1-21(2)19(24)15-5-3-4-13(10-15)6-7-14-11-16(20)8-9-17(14)25-12-18(22)23;1-2-7-25-15-5-6-16(20)12(9-15)3-4-13-8-14(19)10-21-18(13)24-11-17(22)23;1-2/h3-5,8-11H,12H2,1-2H3,(H,22,23);5-6,8-10H,2,7,11H2,1H3,(H,22,23);1-2H3. The maximum absolute atomic E-state index is 14.0. The Morgan fingerprint density at radius 1 is 0.827 bits per heavy atom. The van der Waals surface area contributed by atoms with Crippen molar-refractivity contribution in [2.75, 3.05) is 33.1 Å². The number of halogens is 3. The highest BCUT2D eigenvalue weighted by Crippen LogP contribution is 2.24. The molecule has 0 spiro atoms. The second-order valence-electron chi connectivity index (χ2n) is 10.3. The number of carboxylic acids is 2. The van der Waals surface area contributed by atoms with Crippen LogP contribution in [0.4, 0.5) is 4.39 Å². The summed E-state index contributed by atoms with van der Waals surface area (Å²) < 4.78 is 24.3. The van der Waals surface area contributed by atoms with Gasteiger partial charge in [0.05, 0.1) is 21.7 Å². The van der Waals surface area contributed by atoms with Crippen LogP contribution < -0.4 is 9.47 Å². The molecule has 52 heavy (non-hydrogen) atoms. The van der Waals surface area contributed by atoms with Crippen LogP contribution in [0.25, 0.3) is 0 Å². The monoisotopic (exact) mass is 766 g/mol. The number of thioether (sulfide) groups is 1. The zero-order chi connectivity index (χ0) is 38.6. The molecule has 0 saturated carbocycles. The molecule has 0 aliphatic carbocycles. The number of carbonyl (C=O) groups excluding carboxylic acids is 1. The molecule has 0 saturated heterocycles. The molecule has 13 heteroatoms. The number of carbonyl (C=O) groups is 3. The van der Waals surface area contributed by atoms with Crippen LogP contribution in [0.1, 0.15) is 59.8 Å². The average molecular weight is 768 g/mol. The normalized spacial score (nSPS) is 9.62. The molecular formula is C39H37Cl2FN2O7S. The van der Waals surface area contributed by atoms with E-state index in [4.69, 9.17) is 42.9 Å². The number of carboxylic acid groups (broad SMARTS) is 2. The van der Waals surface area contributed by atoms with Crippen molar-refractivity contribution in [2.24, 2.45) is 0 Å². The van der Waals surface area contributed by atoms with Crippen LogP contribution in [0.3, 0.4) is 0 Å². The minimum absolute atomic E-state index is 0.0382. The summed E-state index contributed by atoms with van der Waals surface area (Å²) in [6.07, 6.45) is 2.34. The van der Waals surface area contributed by atoms with E-state index in [2.05, 4.69) is 35.6 Å². The molecule has 4 aromatic rings. The number of rotatable bonds is 10. The maximum Gasteiger partial charge on any atom is 0.341 e. The molecule has 0 fully saturated rings. The van der Waals surface area contributed by atoms with Gasteiger partial charge in [-0.3, -0.25) is 4.79 Å². The summed E-state index contributed by atoms with van der Waals surface area (Å²) in [6.45, 7) is 5.05. The summed E-state index contributed by atoms with van der Waals surface area (Å²) in [6, 6.07) is 18.0. The number of benzene rings is 3. The molecule has 4 rings (SSSR count). The SMILES string of the molecule is CC.CCCSc1ccc(F)c(C#Cc2cc(Cl)cnc2OCC(=O)O)c1.CN(C)C(=O)c1cccc(C#Cc2cc(Cl)ccc2OCC(=O)O)c1. The predicted octanol–water partition coefficient (Wildman–Crippen LogP) is 8.17. The van der Waals surface area contributed by atoms with E-state index >= 15 is 0 Å². The Morgan fingerprint density at radius 2 is 1.48 bits per heavy atom. The average Bonchev–Trinajstić information content (AvgIpc) is 3.13. The van der Waals surface area contributed by atoms with E-state index in [0.29, 0.717) is 38.0 Å². The van der Waals surface area contributed by atoms with E-state index in [-0.39, 0.29) is 17.4 Å². The molecule has 0 aliphatic rings. The Balaban J connectivity index is 0.000000344. The Labute approximate surface area is 317 Å². The van der Waals surface area contributed by atoms with Crippen molar-refractivity contribution in [3.05, 3.63) is 117 Å². The van der Waals surface area contributed by atoms with Crippen molar-refractivity contribution in [1.29, 1.82) is 0 Å². The van der Waals surface area contributed by atoms with Gasteiger partial charge in [-0.15, -0.1) is 11.8 Å². The zero-order valence-electron chi connectivity index (χ0n) is 29.1. The molecule has 0 radical (unpaired) electrons. The number of amides is 1. The highest BCUT2D eigenvalue weighted by atomic mass is 35.5. The number of hydrogen-bond donors (Lipinski definition) is 2. The van der Waals surface area contributed by atoms with Gasteiger partial charge in [0.25, 0.3) is 5.91 Å². The van der Waals surface area contributed by atoms with Gasteiger partial charge in [0.1, 0.15) is 11.6 Å². The fourth-order valence-electron chi connectivity index (χ4n) is 3.80. The molecule has 0 atom stereocenters. The summed E-state index contributed by atoms with van der Waals surface area (Å²) in [5.74, 6) is 9.89. The largest absolute Gasteiger partial charge is 0.481 e. The van der Waals surface area contributed by atoms with Crippen LogP contribution >= 0.6 is 35.0 Å². The van der Waals surface area contributed by atoms with Gasteiger partial charge in [-0.05, 0) is 72.8 Å². The van der Waals surface area contributed by atoms with Crippen molar-refractivity contribution in [2.45, 2.75) is 32.1 Å². The Hall–Kier alpha value is -5.20. The van der Waals surface area contributed by atoms with E-state index in [0.717, 1.165) is 17.1 Å². The first-order chi connectivity index (χ1) is 24.9. The minimum Gasteiger partial charge on any atom is -0.481 e. The Morgan fingerprint density at radius 3 is 2.15 bits per heavy atom. The zero-order valence-corrected chi connectivity index (χ0v) is 31.5. The van der Waals surface area contributed by atoms with E-state index in [1.165, 1.54) is 23.2 Å². The Kier molecular flexibility index (Phi) is 18.7. The lowest BCUT2D eigenvalue weighted by molar-refractivity contribution is -0.140. The lowest BCUT2D eigenvalue weighted by Gasteiger charge is -2.10. The highest BCUT2D eigenvalue weighted by Gasteiger charge is 2.10. The summed E-state index contributed by atoms with van der Waals surface area (Å²) in [5.41, 5.74) is 2.19. The summed E-state index contributed by atoms with van der Waals surface area (Å²) >= 11 is 13.5. The van der Waals surface area contributed by atoms with Gasteiger partial charge in [0.15, 0.2) is 13.2 Å². The number of aromatic nitrogens is 1. The molecule has 1 aromatic heterocycles. The molecule has 3 aromatic carbocycles. The second-order valence-corrected chi connectivity index (χ2v) is 12.3. The first-order valence-corrected chi connectivity index (χ1v) is 17.5. The van der Waals surface area contributed by atoms with Crippen LogP contribution in [0.5, 0.6) is 11.6 Å². The van der Waals surface area contributed by atoms with Crippen LogP contribution in [-0.2, 0) is 9.59 Å². The first kappa shape index (κ1) is 43.0. The van der Waals surface area contributed by atoms with Crippen molar-refractivity contribution in [3.8, 4) is 35.3 Å². The number of ether oxygens (including phenoxy) is 2. The van der Waals surface area contributed by atoms with Crippen LogP contribution in [0.15, 0.2) is 77.8 Å². The van der Waals surface area contributed by atoms with Crippen molar-refractivity contribution in [3.63, 3.8) is 0 Å². The number of hydrogen-bond acceptors (Lipinski definition) is 7. The van der Waals surface area contributed by atoms with Crippen LogP contribution in [0.2, 0.25) is 10.0 Å². The van der Waals surface area contributed by atoms with E-state index in [1.54, 1.807) is 80.5 Å². The summed E-state index contributed by atoms with van der Waals surface area (Å²) in [4.78, 5) is 39.6. The fraction of sp³-hybridized carbons (Fsp3) is 0.231. The third-order valence-corrected chi connectivity index (χ3v) is 7.68. The van der Waals surface area contributed by atoms with E-state index in [9.17, 15) is 18.8 Å². The summed E-state index contributed by atoms with van der Waals surface area (Å²) in [5, 5.41) is 18.2. The van der Waals surface area contributed by atoms with E-state index < -0.39 is 31.0 Å². The summed E-state index contributed by atoms with van der Waals surface area (Å²) in [7, 11) is 3.36. The van der Waals surface area contributed by atoms with Crippen molar-refractivity contribution >= 4 is 52.8 Å². The van der Waals surface area contributed by atoms with Gasteiger partial charge in [-0.25, -0.2) is 19.0 Å². The van der Waals surface area contributed by atoms with Gasteiger partial charge in [0.2, 0.25) is 5.88 Å².